The van der Waals surface area contributed by atoms with Crippen LogP contribution in [0.25, 0.3) is 11.1 Å². The second kappa shape index (κ2) is 10.4. The van der Waals surface area contributed by atoms with Gasteiger partial charge in [-0.15, -0.1) is 0 Å². The molecule has 0 saturated heterocycles. The molecular weight excluding hydrogens is 406 g/mol. The maximum atomic E-state index is 13.2. The quantitative estimate of drug-likeness (QED) is 0.507. The molecule has 0 spiro atoms. The minimum absolute atomic E-state index is 0.189. The second-order valence-corrected chi connectivity index (χ2v) is 8.97. The molecule has 0 aliphatic heterocycles. The summed E-state index contributed by atoms with van der Waals surface area (Å²) in [5.41, 5.74) is 2.29. The number of hydrogen-bond donors (Lipinski definition) is 3. The summed E-state index contributed by atoms with van der Waals surface area (Å²) >= 11 is 0. The van der Waals surface area contributed by atoms with E-state index in [1.165, 1.54) is 0 Å². The number of carbonyl (C=O) groups is 3. The van der Waals surface area contributed by atoms with Gasteiger partial charge < -0.3 is 15.5 Å². The lowest BCUT2D eigenvalue weighted by atomic mass is 9.81. The molecule has 2 aromatic rings. The SMILES string of the molecule is C[C@H](C[C@@H](Cc1ccc(-c2ccccc2)cc1)NC(=O)C1(CC(=O)O)CCCC1)C(=O)O. The minimum Gasteiger partial charge on any atom is -0.481 e. The van der Waals surface area contributed by atoms with Gasteiger partial charge in [0.05, 0.1) is 17.8 Å². The van der Waals surface area contributed by atoms with E-state index in [4.69, 9.17) is 0 Å². The van der Waals surface area contributed by atoms with E-state index in [-0.39, 0.29) is 24.8 Å². The van der Waals surface area contributed by atoms with Crippen molar-refractivity contribution in [2.45, 2.75) is 57.9 Å². The van der Waals surface area contributed by atoms with Gasteiger partial charge in [0, 0.05) is 6.04 Å². The Balaban J connectivity index is 1.76. The van der Waals surface area contributed by atoms with E-state index < -0.39 is 23.3 Å². The molecule has 1 aliphatic carbocycles. The van der Waals surface area contributed by atoms with Crippen molar-refractivity contribution in [2.75, 3.05) is 0 Å². The minimum atomic E-state index is -0.978. The van der Waals surface area contributed by atoms with Gasteiger partial charge in [0.1, 0.15) is 0 Å². The Hall–Kier alpha value is -3.15. The molecular formula is C26H31NO5. The summed E-state index contributed by atoms with van der Waals surface area (Å²) in [6, 6.07) is 17.7. The molecule has 0 heterocycles. The van der Waals surface area contributed by atoms with E-state index in [0.717, 1.165) is 29.5 Å². The van der Waals surface area contributed by atoms with Crippen molar-refractivity contribution >= 4 is 17.8 Å². The molecule has 6 heteroatoms. The number of nitrogens with one attached hydrogen (secondary N) is 1. The monoisotopic (exact) mass is 437 g/mol. The molecule has 2 atom stereocenters. The first-order chi connectivity index (χ1) is 15.3. The Labute approximate surface area is 188 Å². The normalized spacial score (nSPS) is 16.8. The van der Waals surface area contributed by atoms with Crippen LogP contribution in [0.1, 0.15) is 51.0 Å². The molecule has 1 saturated carbocycles. The Bertz CT molecular complexity index is 932. The molecule has 1 amide bonds. The molecule has 0 radical (unpaired) electrons. The van der Waals surface area contributed by atoms with Crippen molar-refractivity contribution < 1.29 is 24.6 Å². The van der Waals surface area contributed by atoms with Crippen molar-refractivity contribution in [3.8, 4) is 11.1 Å². The lowest BCUT2D eigenvalue weighted by molar-refractivity contribution is -0.145. The first-order valence-corrected chi connectivity index (χ1v) is 11.2. The van der Waals surface area contributed by atoms with Crippen LogP contribution in [0.4, 0.5) is 0 Å². The van der Waals surface area contributed by atoms with E-state index >= 15 is 0 Å². The van der Waals surface area contributed by atoms with Crippen molar-refractivity contribution in [3.05, 3.63) is 60.2 Å². The van der Waals surface area contributed by atoms with E-state index in [0.29, 0.717) is 19.3 Å². The molecule has 3 rings (SSSR count). The second-order valence-electron chi connectivity index (χ2n) is 8.97. The number of carboxylic acid groups (broad SMARTS) is 2. The zero-order valence-electron chi connectivity index (χ0n) is 18.4. The molecule has 1 fully saturated rings. The van der Waals surface area contributed by atoms with Gasteiger partial charge in [-0.05, 0) is 42.4 Å². The molecule has 170 valence electrons. The zero-order valence-corrected chi connectivity index (χ0v) is 18.4. The summed E-state index contributed by atoms with van der Waals surface area (Å²) in [5.74, 6) is -2.78. The van der Waals surface area contributed by atoms with Crippen LogP contribution in [0.5, 0.6) is 0 Å². The maximum absolute atomic E-state index is 13.2. The van der Waals surface area contributed by atoms with Crippen LogP contribution < -0.4 is 5.32 Å². The van der Waals surface area contributed by atoms with Crippen LogP contribution in [0.3, 0.4) is 0 Å². The lowest BCUT2D eigenvalue weighted by Crippen LogP contribution is -2.47. The smallest absolute Gasteiger partial charge is 0.306 e. The van der Waals surface area contributed by atoms with Gasteiger partial charge in [-0.3, -0.25) is 14.4 Å². The molecule has 2 aromatic carbocycles. The van der Waals surface area contributed by atoms with Crippen molar-refractivity contribution in [1.82, 2.24) is 5.32 Å². The fourth-order valence-electron chi connectivity index (χ4n) is 4.63. The van der Waals surface area contributed by atoms with Crippen LogP contribution in [0, 0.1) is 11.3 Å². The standard InChI is InChI=1S/C26H31NO5/c1-18(24(30)31)15-22(27-25(32)26(17-23(28)29)13-5-6-14-26)16-19-9-11-21(12-10-19)20-7-3-2-4-8-20/h2-4,7-12,18,22H,5-6,13-17H2,1H3,(H,27,32)(H,28,29)(H,30,31)/t18-,22+/m1/s1. The van der Waals surface area contributed by atoms with E-state index in [1.807, 2.05) is 54.6 Å². The fourth-order valence-corrected chi connectivity index (χ4v) is 4.63. The Morgan fingerprint density at radius 1 is 0.938 bits per heavy atom. The van der Waals surface area contributed by atoms with Gasteiger partial charge >= 0.3 is 11.9 Å². The van der Waals surface area contributed by atoms with Crippen LogP contribution >= 0.6 is 0 Å². The van der Waals surface area contributed by atoms with Gasteiger partial charge in [-0.2, -0.15) is 0 Å². The molecule has 1 aliphatic rings. The maximum Gasteiger partial charge on any atom is 0.306 e. The number of hydrogen-bond acceptors (Lipinski definition) is 3. The number of aliphatic carboxylic acids is 2. The van der Waals surface area contributed by atoms with Crippen LogP contribution in [0.15, 0.2) is 54.6 Å². The van der Waals surface area contributed by atoms with E-state index in [2.05, 4.69) is 5.32 Å². The largest absolute Gasteiger partial charge is 0.481 e. The summed E-state index contributed by atoms with van der Waals surface area (Å²) in [5, 5.41) is 21.7. The average molecular weight is 438 g/mol. The number of rotatable bonds is 10. The zero-order chi connectivity index (χ0) is 23.1. The van der Waals surface area contributed by atoms with Gasteiger partial charge in [-0.25, -0.2) is 0 Å². The third kappa shape index (κ3) is 5.96. The fraction of sp³-hybridized carbons (Fsp3) is 0.423. The van der Waals surface area contributed by atoms with Crippen molar-refractivity contribution in [3.63, 3.8) is 0 Å². The van der Waals surface area contributed by atoms with Crippen LogP contribution in [-0.4, -0.2) is 34.1 Å². The number of amides is 1. The molecule has 6 nitrogen and oxygen atoms in total. The van der Waals surface area contributed by atoms with E-state index in [1.54, 1.807) is 6.92 Å². The van der Waals surface area contributed by atoms with Crippen molar-refractivity contribution in [2.24, 2.45) is 11.3 Å². The molecule has 3 N–H and O–H groups in total. The number of benzene rings is 2. The number of carboxylic acids is 2. The summed E-state index contributed by atoms with van der Waals surface area (Å²) in [4.78, 5) is 36.0. The summed E-state index contributed by atoms with van der Waals surface area (Å²) < 4.78 is 0. The third-order valence-corrected chi connectivity index (χ3v) is 6.47. The predicted molar refractivity (Wildman–Crippen MR) is 122 cm³/mol. The summed E-state index contributed by atoms with van der Waals surface area (Å²) in [6.45, 7) is 1.63. The molecule has 0 bridgehead atoms. The highest BCUT2D eigenvalue weighted by atomic mass is 16.4. The summed E-state index contributed by atoms with van der Waals surface area (Å²) in [7, 11) is 0. The third-order valence-electron chi connectivity index (χ3n) is 6.47. The van der Waals surface area contributed by atoms with Gasteiger partial charge in [0.2, 0.25) is 5.91 Å². The average Bonchev–Trinajstić information content (AvgIpc) is 3.24. The summed E-state index contributed by atoms with van der Waals surface area (Å²) in [6.07, 6.45) is 3.35. The number of carbonyl (C=O) groups excluding carboxylic acids is 1. The molecule has 32 heavy (non-hydrogen) atoms. The lowest BCUT2D eigenvalue weighted by Gasteiger charge is -2.30. The van der Waals surface area contributed by atoms with Crippen molar-refractivity contribution in [1.29, 1.82) is 0 Å². The first kappa shape index (κ1) is 23.5. The van der Waals surface area contributed by atoms with Crippen LogP contribution in [-0.2, 0) is 20.8 Å². The topological polar surface area (TPSA) is 104 Å². The first-order valence-electron chi connectivity index (χ1n) is 11.2. The highest BCUT2D eigenvalue weighted by Crippen LogP contribution is 2.41. The predicted octanol–water partition coefficient (Wildman–Crippen LogP) is 4.53. The Morgan fingerprint density at radius 3 is 2.09 bits per heavy atom. The molecule has 0 aromatic heterocycles. The van der Waals surface area contributed by atoms with Crippen LogP contribution in [0.2, 0.25) is 0 Å². The van der Waals surface area contributed by atoms with Gasteiger partial charge in [0.15, 0.2) is 0 Å². The molecule has 0 unspecified atom stereocenters. The van der Waals surface area contributed by atoms with E-state index in [9.17, 15) is 24.6 Å². The highest BCUT2D eigenvalue weighted by molar-refractivity contribution is 5.87. The Kier molecular flexibility index (Phi) is 7.67. The highest BCUT2D eigenvalue weighted by Gasteiger charge is 2.43. The van der Waals surface area contributed by atoms with Gasteiger partial charge in [-0.1, -0.05) is 74.4 Å². The Morgan fingerprint density at radius 2 is 1.53 bits per heavy atom. The van der Waals surface area contributed by atoms with Gasteiger partial charge in [0.25, 0.3) is 0 Å².